The van der Waals surface area contributed by atoms with Gasteiger partial charge in [0.05, 0.1) is 6.54 Å². The minimum absolute atomic E-state index is 0. The van der Waals surface area contributed by atoms with Gasteiger partial charge in [0.25, 0.3) is 0 Å². The lowest BCUT2D eigenvalue weighted by molar-refractivity contribution is 0.412. The first-order valence-corrected chi connectivity index (χ1v) is 11.7. The van der Waals surface area contributed by atoms with Gasteiger partial charge in [-0.1, -0.05) is 33.3 Å². The average molecular weight is 512 g/mol. The summed E-state index contributed by atoms with van der Waals surface area (Å²) in [7, 11) is -0.690. The van der Waals surface area contributed by atoms with Crippen LogP contribution in [0.1, 0.15) is 58.3 Å². The number of guanidine groups is 1. The molecule has 7 heteroatoms. The van der Waals surface area contributed by atoms with E-state index in [1.54, 1.807) is 11.3 Å². The molecule has 2 rings (SSSR count). The van der Waals surface area contributed by atoms with Crippen molar-refractivity contribution in [1.82, 2.24) is 10.6 Å². The average Bonchev–Trinajstić information content (AvgIpc) is 3.15. The number of nitrogens with zero attached hydrogens (tertiary/aromatic N) is 1. The second-order valence-electron chi connectivity index (χ2n) is 7.36. The molecule has 26 heavy (non-hydrogen) atoms. The number of rotatable bonds is 7. The highest BCUT2D eigenvalue weighted by molar-refractivity contribution is 14.0. The first kappa shape index (κ1) is 23.9. The van der Waals surface area contributed by atoms with Crippen molar-refractivity contribution >= 4 is 52.1 Å². The van der Waals surface area contributed by atoms with Gasteiger partial charge in [0.1, 0.15) is 0 Å². The van der Waals surface area contributed by atoms with E-state index >= 15 is 0 Å². The molecule has 0 aliphatic heterocycles. The quantitative estimate of drug-likeness (QED) is 0.327. The number of thiophene rings is 1. The number of halogens is 1. The summed E-state index contributed by atoms with van der Waals surface area (Å²) < 4.78 is 12.2. The summed E-state index contributed by atoms with van der Waals surface area (Å²) in [6.07, 6.45) is 4.36. The molecule has 3 atom stereocenters. The Bertz CT molecular complexity index is 575. The Morgan fingerprint density at radius 3 is 2.77 bits per heavy atom. The van der Waals surface area contributed by atoms with E-state index in [0.29, 0.717) is 11.3 Å². The largest absolute Gasteiger partial charge is 0.357 e. The van der Waals surface area contributed by atoms with Gasteiger partial charge >= 0.3 is 0 Å². The highest BCUT2D eigenvalue weighted by Gasteiger charge is 2.26. The zero-order chi connectivity index (χ0) is 18.3. The molecule has 150 valence electrons. The minimum Gasteiger partial charge on any atom is -0.357 e. The van der Waals surface area contributed by atoms with Crippen LogP contribution in [0.3, 0.4) is 0 Å². The fourth-order valence-corrected chi connectivity index (χ4v) is 5.47. The monoisotopic (exact) mass is 511 g/mol. The zero-order valence-electron chi connectivity index (χ0n) is 16.4. The lowest BCUT2D eigenvalue weighted by Gasteiger charge is -2.30. The number of hydrogen-bond acceptors (Lipinski definition) is 3. The van der Waals surface area contributed by atoms with E-state index in [4.69, 9.17) is 4.99 Å². The molecule has 2 N–H and O–H groups in total. The molecule has 1 aliphatic rings. The second kappa shape index (κ2) is 11.6. The number of hydrogen-bond donors (Lipinski definition) is 2. The Hall–Kier alpha value is -0.150. The number of aliphatic imine (C=N–C) groups is 1. The Morgan fingerprint density at radius 1 is 1.38 bits per heavy atom. The van der Waals surface area contributed by atoms with Crippen LogP contribution >= 0.6 is 35.3 Å². The van der Waals surface area contributed by atoms with E-state index in [0.717, 1.165) is 50.5 Å². The molecule has 1 heterocycles. The van der Waals surface area contributed by atoms with E-state index in [2.05, 4.69) is 48.9 Å². The Balaban J connectivity index is 0.00000338. The summed E-state index contributed by atoms with van der Waals surface area (Å²) in [6, 6.07) is 4.66. The predicted molar refractivity (Wildman–Crippen MR) is 127 cm³/mol. The molecule has 1 aromatic rings. The minimum atomic E-state index is -0.690. The van der Waals surface area contributed by atoms with Gasteiger partial charge in [-0.15, -0.1) is 35.3 Å². The maximum atomic E-state index is 12.2. The highest BCUT2D eigenvalue weighted by atomic mass is 127. The fraction of sp³-hybridized carbons (Fsp3) is 0.737. The summed E-state index contributed by atoms with van der Waals surface area (Å²) in [6.45, 7) is 10.2. The van der Waals surface area contributed by atoms with E-state index in [1.165, 1.54) is 4.88 Å². The summed E-state index contributed by atoms with van der Waals surface area (Å²) in [5, 5.41) is 9.42. The molecule has 1 aromatic heterocycles. The first-order chi connectivity index (χ1) is 12.0. The van der Waals surface area contributed by atoms with Crippen LogP contribution in [0, 0.1) is 0 Å². The van der Waals surface area contributed by atoms with Crippen LogP contribution in [0.4, 0.5) is 0 Å². The van der Waals surface area contributed by atoms with Crippen molar-refractivity contribution < 1.29 is 4.21 Å². The maximum Gasteiger partial charge on any atom is 0.191 e. The Morgan fingerprint density at radius 2 is 2.15 bits per heavy atom. The van der Waals surface area contributed by atoms with Crippen LogP contribution in [0.2, 0.25) is 0 Å². The van der Waals surface area contributed by atoms with E-state index in [1.807, 2.05) is 6.92 Å². The number of nitrogens with one attached hydrogen (secondary N) is 2. The third kappa shape index (κ3) is 7.11. The Labute approximate surface area is 182 Å². The Kier molecular flexibility index (Phi) is 10.7. The van der Waals surface area contributed by atoms with Crippen LogP contribution in [-0.2, 0) is 16.2 Å². The van der Waals surface area contributed by atoms with Crippen molar-refractivity contribution in [3.8, 4) is 0 Å². The standard InChI is InChI=1S/C19H33N3OS2.HI/c1-5-20-18(21-14-19(3,4)17-11-8-12-24-17)22-15-9-7-10-16(13-15)25(23)6-2;/h8,11-12,15-16H,5-7,9-10,13-14H2,1-4H3,(H2,20,21,22);1H. The van der Waals surface area contributed by atoms with Gasteiger partial charge in [-0.2, -0.15) is 0 Å². The predicted octanol–water partition coefficient (Wildman–Crippen LogP) is 4.28. The fourth-order valence-electron chi connectivity index (χ4n) is 3.28. The van der Waals surface area contributed by atoms with Gasteiger partial charge in [-0.25, -0.2) is 0 Å². The smallest absolute Gasteiger partial charge is 0.191 e. The molecule has 1 fully saturated rings. The third-order valence-corrected chi connectivity index (χ3v) is 7.76. The lowest BCUT2D eigenvalue weighted by atomic mass is 9.92. The molecule has 4 nitrogen and oxygen atoms in total. The first-order valence-electron chi connectivity index (χ1n) is 9.42. The lowest BCUT2D eigenvalue weighted by Crippen LogP contribution is -2.47. The van der Waals surface area contributed by atoms with Gasteiger partial charge in [-0.3, -0.25) is 9.20 Å². The molecule has 0 saturated heterocycles. The molecule has 0 radical (unpaired) electrons. The SMILES string of the molecule is CCNC(=NCC(C)(C)c1cccs1)NC1CCCC(S(=O)CC)C1.I. The summed E-state index contributed by atoms with van der Waals surface area (Å²) in [5.41, 5.74) is 0.0370. The van der Waals surface area contributed by atoms with Gasteiger partial charge in [0.2, 0.25) is 0 Å². The maximum absolute atomic E-state index is 12.2. The molecule has 0 aromatic carbocycles. The molecule has 0 spiro atoms. The van der Waals surface area contributed by atoms with Crippen molar-refractivity contribution in [2.24, 2.45) is 4.99 Å². The van der Waals surface area contributed by atoms with Crippen molar-refractivity contribution in [3.63, 3.8) is 0 Å². The van der Waals surface area contributed by atoms with Gasteiger partial charge in [0, 0.05) is 44.7 Å². The van der Waals surface area contributed by atoms with Crippen LogP contribution in [-0.4, -0.2) is 40.3 Å². The van der Waals surface area contributed by atoms with Crippen molar-refractivity contribution in [2.45, 2.75) is 70.1 Å². The summed E-state index contributed by atoms with van der Waals surface area (Å²) in [5.74, 6) is 1.65. The van der Waals surface area contributed by atoms with Crippen molar-refractivity contribution in [3.05, 3.63) is 22.4 Å². The van der Waals surface area contributed by atoms with Crippen LogP contribution in [0.15, 0.2) is 22.5 Å². The van der Waals surface area contributed by atoms with E-state index in [-0.39, 0.29) is 29.4 Å². The van der Waals surface area contributed by atoms with Gasteiger partial charge < -0.3 is 10.6 Å². The molecule has 0 bridgehead atoms. The van der Waals surface area contributed by atoms with E-state index < -0.39 is 10.8 Å². The van der Waals surface area contributed by atoms with Crippen LogP contribution in [0.25, 0.3) is 0 Å². The highest BCUT2D eigenvalue weighted by Crippen LogP contribution is 2.28. The molecule has 1 aliphatic carbocycles. The molecule has 3 unspecified atom stereocenters. The van der Waals surface area contributed by atoms with Crippen LogP contribution in [0.5, 0.6) is 0 Å². The van der Waals surface area contributed by atoms with Crippen LogP contribution < -0.4 is 10.6 Å². The normalized spacial score (nSPS) is 22.4. The third-order valence-electron chi connectivity index (χ3n) is 4.79. The summed E-state index contributed by atoms with van der Waals surface area (Å²) in [4.78, 5) is 6.21. The van der Waals surface area contributed by atoms with Crippen molar-refractivity contribution in [2.75, 3.05) is 18.8 Å². The van der Waals surface area contributed by atoms with Gasteiger partial charge in [-0.05, 0) is 37.6 Å². The molecular formula is C19H34IN3OS2. The van der Waals surface area contributed by atoms with Crippen molar-refractivity contribution in [1.29, 1.82) is 0 Å². The topological polar surface area (TPSA) is 53.5 Å². The summed E-state index contributed by atoms with van der Waals surface area (Å²) >= 11 is 1.79. The second-order valence-corrected chi connectivity index (χ2v) is 10.3. The molecule has 1 saturated carbocycles. The molecule has 0 amide bonds. The van der Waals surface area contributed by atoms with Gasteiger partial charge in [0.15, 0.2) is 5.96 Å². The zero-order valence-corrected chi connectivity index (χ0v) is 20.4. The molecular weight excluding hydrogens is 477 g/mol. The van der Waals surface area contributed by atoms with E-state index in [9.17, 15) is 4.21 Å².